The summed E-state index contributed by atoms with van der Waals surface area (Å²) < 4.78 is 17.8. The van der Waals surface area contributed by atoms with Crippen molar-refractivity contribution in [1.29, 1.82) is 0 Å². The summed E-state index contributed by atoms with van der Waals surface area (Å²) >= 11 is 0. The Balaban J connectivity index is 2.56. The van der Waals surface area contributed by atoms with Gasteiger partial charge in [-0.25, -0.2) is 0 Å². The second-order valence-electron chi connectivity index (χ2n) is 8.25. The standard InChI is InChI=1S/C19H42N2O4Si/c1-9-23-26(24-10-2,25-11-3)14-12-13-20-17-15-18(4,5)21(22-8)19(6,7)16-17/h17,20H,9-16H2,1-8H3. The lowest BCUT2D eigenvalue weighted by atomic mass is 9.79. The molecule has 0 atom stereocenters. The number of hydrogen-bond acceptors (Lipinski definition) is 6. The van der Waals surface area contributed by atoms with Crippen LogP contribution < -0.4 is 5.32 Å². The Labute approximate surface area is 162 Å². The maximum Gasteiger partial charge on any atom is 0.500 e. The molecule has 0 spiro atoms. The van der Waals surface area contributed by atoms with E-state index >= 15 is 0 Å². The van der Waals surface area contributed by atoms with Crippen molar-refractivity contribution >= 4 is 8.80 Å². The Bertz CT molecular complexity index is 372. The topological polar surface area (TPSA) is 52.2 Å². The average Bonchev–Trinajstić information content (AvgIpc) is 2.50. The van der Waals surface area contributed by atoms with Crippen molar-refractivity contribution in [3.63, 3.8) is 0 Å². The summed E-state index contributed by atoms with van der Waals surface area (Å²) in [6, 6.07) is 1.34. The summed E-state index contributed by atoms with van der Waals surface area (Å²) in [6.07, 6.45) is 3.13. The summed E-state index contributed by atoms with van der Waals surface area (Å²) in [5.41, 5.74) is 0.0171. The molecule has 1 aliphatic heterocycles. The van der Waals surface area contributed by atoms with Crippen LogP contribution in [0.4, 0.5) is 0 Å². The zero-order valence-corrected chi connectivity index (χ0v) is 19.3. The van der Waals surface area contributed by atoms with Crippen molar-refractivity contribution in [3.05, 3.63) is 0 Å². The molecule has 6 nitrogen and oxygen atoms in total. The van der Waals surface area contributed by atoms with E-state index in [1.54, 1.807) is 7.11 Å². The van der Waals surface area contributed by atoms with Gasteiger partial charge < -0.3 is 23.4 Å². The molecule has 0 amide bonds. The Morgan fingerprint density at radius 2 is 1.38 bits per heavy atom. The molecular weight excluding hydrogens is 348 g/mol. The van der Waals surface area contributed by atoms with Gasteiger partial charge in [0.05, 0.1) is 7.11 Å². The number of rotatable bonds is 12. The van der Waals surface area contributed by atoms with Gasteiger partial charge in [-0.2, -0.15) is 5.06 Å². The summed E-state index contributed by atoms with van der Waals surface area (Å²) in [6.45, 7) is 17.9. The fourth-order valence-corrected chi connectivity index (χ4v) is 7.13. The first-order valence-corrected chi connectivity index (χ1v) is 12.1. The van der Waals surface area contributed by atoms with Crippen LogP contribution in [0.5, 0.6) is 0 Å². The molecule has 26 heavy (non-hydrogen) atoms. The van der Waals surface area contributed by atoms with Gasteiger partial charge in [0.15, 0.2) is 0 Å². The van der Waals surface area contributed by atoms with Crippen LogP contribution in [0.1, 0.15) is 67.7 Å². The average molecular weight is 391 g/mol. The van der Waals surface area contributed by atoms with E-state index in [2.05, 4.69) is 38.1 Å². The number of hydroxylamine groups is 2. The van der Waals surface area contributed by atoms with Gasteiger partial charge in [0.1, 0.15) is 0 Å². The number of piperidine rings is 1. The van der Waals surface area contributed by atoms with E-state index in [9.17, 15) is 0 Å². The minimum absolute atomic E-state index is 0.00857. The van der Waals surface area contributed by atoms with E-state index in [1.807, 2.05) is 20.8 Å². The predicted molar refractivity (Wildman–Crippen MR) is 108 cm³/mol. The van der Waals surface area contributed by atoms with Gasteiger partial charge >= 0.3 is 8.80 Å². The fraction of sp³-hybridized carbons (Fsp3) is 1.00. The monoisotopic (exact) mass is 390 g/mol. The molecule has 1 aliphatic rings. The van der Waals surface area contributed by atoms with Crippen molar-refractivity contribution in [2.45, 2.75) is 90.9 Å². The minimum atomic E-state index is -2.52. The molecule has 156 valence electrons. The summed E-state index contributed by atoms with van der Waals surface area (Å²) in [4.78, 5) is 5.68. The van der Waals surface area contributed by atoms with Crippen molar-refractivity contribution in [3.8, 4) is 0 Å². The van der Waals surface area contributed by atoms with E-state index in [0.717, 1.165) is 31.9 Å². The largest absolute Gasteiger partial charge is 0.500 e. The fourth-order valence-electron chi connectivity index (χ4n) is 4.51. The molecule has 0 unspecified atom stereocenters. The zero-order valence-electron chi connectivity index (χ0n) is 18.3. The maximum atomic E-state index is 5.94. The van der Waals surface area contributed by atoms with E-state index in [4.69, 9.17) is 18.1 Å². The van der Waals surface area contributed by atoms with Crippen molar-refractivity contribution in [1.82, 2.24) is 10.4 Å². The number of nitrogens with zero attached hydrogens (tertiary/aromatic N) is 1. The van der Waals surface area contributed by atoms with Gasteiger partial charge in [0.25, 0.3) is 0 Å². The second kappa shape index (κ2) is 10.5. The SMILES string of the molecule is CCO[Si](CCCNC1CC(C)(C)N(OC)C(C)(C)C1)(OCC)OCC. The zero-order chi connectivity index (χ0) is 19.8. The molecule has 0 bridgehead atoms. The highest BCUT2D eigenvalue weighted by Gasteiger charge is 2.46. The minimum Gasteiger partial charge on any atom is -0.374 e. The molecule has 0 aromatic carbocycles. The molecular formula is C19H42N2O4Si. The van der Waals surface area contributed by atoms with Crippen LogP contribution in [0.3, 0.4) is 0 Å². The first-order valence-electron chi connectivity index (χ1n) is 10.2. The van der Waals surface area contributed by atoms with Crippen LogP contribution in [0, 0.1) is 0 Å². The Kier molecular flexibility index (Phi) is 9.70. The highest BCUT2D eigenvalue weighted by atomic mass is 28.4. The van der Waals surface area contributed by atoms with Crippen molar-refractivity contribution in [2.24, 2.45) is 0 Å². The molecule has 0 radical (unpaired) electrons. The Morgan fingerprint density at radius 3 is 1.77 bits per heavy atom. The molecule has 1 rings (SSSR count). The molecule has 0 saturated carbocycles. The summed E-state index contributed by atoms with van der Waals surface area (Å²) in [7, 11) is -0.749. The summed E-state index contributed by atoms with van der Waals surface area (Å²) in [5.74, 6) is 0. The van der Waals surface area contributed by atoms with Gasteiger partial charge in [-0.1, -0.05) is 0 Å². The van der Waals surface area contributed by atoms with E-state index in [1.165, 1.54) is 0 Å². The molecule has 1 saturated heterocycles. The van der Waals surface area contributed by atoms with Crippen LogP contribution in [0.2, 0.25) is 6.04 Å². The highest BCUT2D eigenvalue weighted by molar-refractivity contribution is 6.60. The quantitative estimate of drug-likeness (QED) is 0.406. The molecule has 0 aromatic rings. The first-order chi connectivity index (χ1) is 12.2. The summed E-state index contributed by atoms with van der Waals surface area (Å²) in [5, 5.41) is 5.90. The van der Waals surface area contributed by atoms with Crippen molar-refractivity contribution in [2.75, 3.05) is 33.5 Å². The van der Waals surface area contributed by atoms with E-state index < -0.39 is 8.80 Å². The van der Waals surface area contributed by atoms with Gasteiger partial charge in [-0.15, -0.1) is 0 Å². The van der Waals surface area contributed by atoms with E-state index in [-0.39, 0.29) is 11.1 Å². The lowest BCUT2D eigenvalue weighted by Crippen LogP contribution is -2.63. The third kappa shape index (κ3) is 6.55. The lowest BCUT2D eigenvalue weighted by Gasteiger charge is -2.53. The molecule has 0 aromatic heterocycles. The lowest BCUT2D eigenvalue weighted by molar-refractivity contribution is -0.267. The number of nitrogens with one attached hydrogen (secondary N) is 1. The van der Waals surface area contributed by atoms with Crippen LogP contribution in [0.15, 0.2) is 0 Å². The normalized spacial score (nSPS) is 21.2. The smallest absolute Gasteiger partial charge is 0.374 e. The van der Waals surface area contributed by atoms with Crippen LogP contribution >= 0.6 is 0 Å². The number of hydrogen-bond donors (Lipinski definition) is 1. The van der Waals surface area contributed by atoms with Gasteiger partial charge in [0.2, 0.25) is 0 Å². The molecule has 1 N–H and O–H groups in total. The van der Waals surface area contributed by atoms with Crippen LogP contribution in [-0.4, -0.2) is 64.5 Å². The van der Waals surface area contributed by atoms with Crippen molar-refractivity contribution < 1.29 is 18.1 Å². The van der Waals surface area contributed by atoms with Crippen LogP contribution in [0.25, 0.3) is 0 Å². The third-order valence-corrected chi connectivity index (χ3v) is 8.11. The van der Waals surface area contributed by atoms with Gasteiger partial charge in [-0.3, -0.25) is 0 Å². The first kappa shape index (κ1) is 24.0. The Morgan fingerprint density at radius 1 is 0.923 bits per heavy atom. The van der Waals surface area contributed by atoms with Crippen LogP contribution in [-0.2, 0) is 18.1 Å². The van der Waals surface area contributed by atoms with E-state index in [0.29, 0.717) is 25.9 Å². The molecule has 1 heterocycles. The maximum absolute atomic E-state index is 5.94. The molecule has 7 heteroatoms. The molecule has 1 fully saturated rings. The molecule has 0 aliphatic carbocycles. The second-order valence-corrected chi connectivity index (χ2v) is 11.0. The highest BCUT2D eigenvalue weighted by Crippen LogP contribution is 2.38. The van der Waals surface area contributed by atoms with Gasteiger partial charge in [0, 0.05) is 43.0 Å². The third-order valence-electron chi connectivity index (χ3n) is 4.96. The predicted octanol–water partition coefficient (Wildman–Crippen LogP) is 3.60. The Hall–Kier alpha value is -0.0231. The van der Waals surface area contributed by atoms with Gasteiger partial charge in [-0.05, 0) is 74.3 Å².